The van der Waals surface area contributed by atoms with Gasteiger partial charge in [-0.1, -0.05) is 18.5 Å². The first-order valence-corrected chi connectivity index (χ1v) is 14.3. The third-order valence-corrected chi connectivity index (χ3v) is 10.8. The standard InChI is InChI=1S/C26H24ClF3N2O7S/c1-12-5-14-9-26(11-32(24(34)38-2)25(35)39-26)10-16(12)22(14)40(36,37)20-6-13(3-4-17(20)27)23(33)31-15-7-18(28)21(30)19(29)8-15/h3-4,6-8,12,14,16,22H,5,9-11H2,1-2H3,(H,31,33)/t12-,14-,16?,22?,26+/m1/s1. The zero-order valence-electron chi connectivity index (χ0n) is 21.2. The fraction of sp³-hybridized carbons (Fsp3) is 0.423. The van der Waals surface area contributed by atoms with E-state index in [1.807, 2.05) is 6.92 Å². The molecule has 0 radical (unpaired) electrons. The summed E-state index contributed by atoms with van der Waals surface area (Å²) in [7, 11) is -2.99. The van der Waals surface area contributed by atoms with Crippen LogP contribution in [0.3, 0.4) is 0 Å². The van der Waals surface area contributed by atoms with Crippen molar-refractivity contribution < 1.29 is 45.4 Å². The lowest BCUT2D eigenvalue weighted by atomic mass is 9.76. The molecule has 9 nitrogen and oxygen atoms in total. The molecule has 2 unspecified atom stereocenters. The number of fused-ring (bicyclic) bond motifs is 2. The number of rotatable bonds is 4. The van der Waals surface area contributed by atoms with Crippen molar-refractivity contribution in [1.82, 2.24) is 4.90 Å². The molecular weight excluding hydrogens is 577 g/mol. The van der Waals surface area contributed by atoms with Crippen LogP contribution < -0.4 is 5.32 Å². The Labute approximate surface area is 232 Å². The molecule has 5 atom stereocenters. The van der Waals surface area contributed by atoms with Crippen molar-refractivity contribution in [3.63, 3.8) is 0 Å². The highest BCUT2D eigenvalue weighted by Gasteiger charge is 2.62. The topological polar surface area (TPSA) is 119 Å². The Hall–Kier alpha value is -3.32. The minimum absolute atomic E-state index is 0.0496. The van der Waals surface area contributed by atoms with E-state index < -0.39 is 68.1 Å². The predicted octanol–water partition coefficient (Wildman–Crippen LogP) is 5.18. The average molecular weight is 601 g/mol. The van der Waals surface area contributed by atoms with E-state index >= 15 is 0 Å². The van der Waals surface area contributed by atoms with E-state index in [0.29, 0.717) is 18.6 Å². The van der Waals surface area contributed by atoms with E-state index in [1.165, 1.54) is 12.1 Å². The van der Waals surface area contributed by atoms with Crippen molar-refractivity contribution >= 4 is 45.2 Å². The lowest BCUT2D eigenvalue weighted by Crippen LogP contribution is -2.49. The Morgan fingerprint density at radius 1 is 1.15 bits per heavy atom. The largest absolute Gasteiger partial charge is 0.452 e. The van der Waals surface area contributed by atoms with Gasteiger partial charge in [0, 0.05) is 23.4 Å². The van der Waals surface area contributed by atoms with Gasteiger partial charge in [0.15, 0.2) is 27.3 Å². The van der Waals surface area contributed by atoms with Crippen LogP contribution in [-0.2, 0) is 19.3 Å². The Morgan fingerprint density at radius 2 is 1.82 bits per heavy atom. The molecule has 0 aromatic heterocycles. The van der Waals surface area contributed by atoms with Gasteiger partial charge >= 0.3 is 12.2 Å². The molecule has 1 spiro atoms. The molecule has 3 fully saturated rings. The number of imide groups is 1. The monoisotopic (exact) mass is 600 g/mol. The number of sulfone groups is 1. The molecule has 1 saturated heterocycles. The number of benzene rings is 2. The Kier molecular flexibility index (Phi) is 7.02. The van der Waals surface area contributed by atoms with Crippen molar-refractivity contribution in [3.8, 4) is 0 Å². The molecule has 2 aromatic carbocycles. The molecule has 14 heteroatoms. The second-order valence-corrected chi connectivity index (χ2v) is 13.0. The highest BCUT2D eigenvalue weighted by Crippen LogP contribution is 2.56. The number of hydrogen-bond acceptors (Lipinski definition) is 7. The predicted molar refractivity (Wildman–Crippen MR) is 135 cm³/mol. The van der Waals surface area contributed by atoms with Crippen LogP contribution in [-0.4, -0.2) is 55.9 Å². The molecule has 2 bridgehead atoms. The lowest BCUT2D eigenvalue weighted by molar-refractivity contribution is 0.00197. The SMILES string of the molecule is COC(=O)N1C[C@]2(CC3C(S(=O)(=O)c4cc(C(=O)Nc5cc(F)c(F)c(F)c5)ccc4Cl)[C@H](C[C@H]3C)C2)OC1=O. The van der Waals surface area contributed by atoms with Crippen LogP contribution in [0.25, 0.3) is 0 Å². The zero-order valence-corrected chi connectivity index (χ0v) is 22.8. The molecule has 214 valence electrons. The van der Waals surface area contributed by atoms with Crippen LogP contribution in [0.15, 0.2) is 35.2 Å². The average Bonchev–Trinajstić information content (AvgIpc) is 3.32. The summed E-state index contributed by atoms with van der Waals surface area (Å²) in [6.07, 6.45) is -0.761. The first-order valence-electron chi connectivity index (χ1n) is 12.3. The summed E-state index contributed by atoms with van der Waals surface area (Å²) in [6, 6.07) is 4.76. The maximum atomic E-state index is 14.0. The first-order chi connectivity index (χ1) is 18.8. The summed E-state index contributed by atoms with van der Waals surface area (Å²) in [5.41, 5.74) is -1.56. The zero-order chi connectivity index (χ0) is 29.1. The summed E-state index contributed by atoms with van der Waals surface area (Å²) in [5.74, 6) is -6.51. The van der Waals surface area contributed by atoms with Gasteiger partial charge in [-0.25, -0.2) is 36.1 Å². The molecule has 1 N–H and O–H groups in total. The summed E-state index contributed by atoms with van der Waals surface area (Å²) >= 11 is 6.31. The molecular formula is C26H24ClF3N2O7S. The van der Waals surface area contributed by atoms with Gasteiger partial charge in [0.25, 0.3) is 5.91 Å². The highest BCUT2D eigenvalue weighted by molar-refractivity contribution is 7.92. The molecule has 2 aromatic rings. The van der Waals surface area contributed by atoms with E-state index in [1.54, 1.807) is 0 Å². The van der Waals surface area contributed by atoms with E-state index in [0.717, 1.165) is 18.1 Å². The van der Waals surface area contributed by atoms with Crippen LogP contribution in [0.2, 0.25) is 5.02 Å². The molecule has 5 rings (SSSR count). The Balaban J connectivity index is 1.42. The molecule has 1 aliphatic heterocycles. The minimum Gasteiger partial charge on any atom is -0.452 e. The van der Waals surface area contributed by atoms with E-state index in [2.05, 4.69) is 10.1 Å². The van der Waals surface area contributed by atoms with Crippen LogP contribution in [0.1, 0.15) is 36.5 Å². The number of hydrogen-bond donors (Lipinski definition) is 1. The van der Waals surface area contributed by atoms with Gasteiger partial charge in [0.05, 0.1) is 28.8 Å². The third-order valence-electron chi connectivity index (χ3n) is 8.00. The number of methoxy groups -OCH3 is 1. The number of carbonyl (C=O) groups is 3. The van der Waals surface area contributed by atoms with Gasteiger partial charge < -0.3 is 14.8 Å². The second kappa shape index (κ2) is 9.95. The molecule has 3 amide bonds. The number of amides is 3. The number of anilines is 1. The van der Waals surface area contributed by atoms with Crippen LogP contribution >= 0.6 is 11.6 Å². The van der Waals surface area contributed by atoms with Crippen molar-refractivity contribution in [1.29, 1.82) is 0 Å². The van der Waals surface area contributed by atoms with Gasteiger partial charge in [0.2, 0.25) is 0 Å². The van der Waals surface area contributed by atoms with Gasteiger partial charge in [0.1, 0.15) is 5.60 Å². The summed E-state index contributed by atoms with van der Waals surface area (Å²) in [6.45, 7) is 1.86. The minimum atomic E-state index is -4.13. The lowest BCUT2D eigenvalue weighted by Gasteiger charge is -2.40. The van der Waals surface area contributed by atoms with Crippen molar-refractivity contribution in [3.05, 3.63) is 58.4 Å². The number of carbonyl (C=O) groups excluding carboxylic acids is 3. The second-order valence-electron chi connectivity index (χ2n) is 10.5. The quantitative estimate of drug-likeness (QED) is 0.481. The molecule has 1 heterocycles. The van der Waals surface area contributed by atoms with E-state index in [4.69, 9.17) is 16.3 Å². The third kappa shape index (κ3) is 4.68. The smallest absolute Gasteiger partial charge is 0.420 e. The molecule has 2 saturated carbocycles. The molecule has 3 aliphatic rings. The molecule has 40 heavy (non-hydrogen) atoms. The highest BCUT2D eigenvalue weighted by atomic mass is 35.5. The van der Waals surface area contributed by atoms with Crippen molar-refractivity contribution in [2.75, 3.05) is 19.0 Å². The van der Waals surface area contributed by atoms with Gasteiger partial charge in [-0.2, -0.15) is 0 Å². The summed E-state index contributed by atoms with van der Waals surface area (Å²) in [5, 5.41) is 1.21. The van der Waals surface area contributed by atoms with E-state index in [9.17, 15) is 36.0 Å². The van der Waals surface area contributed by atoms with Crippen LogP contribution in [0, 0.1) is 35.2 Å². The number of nitrogens with zero attached hydrogens (tertiary/aromatic N) is 1. The number of halogens is 4. The maximum absolute atomic E-state index is 14.0. The Morgan fingerprint density at radius 3 is 2.45 bits per heavy atom. The number of nitrogens with one attached hydrogen (secondary N) is 1. The van der Waals surface area contributed by atoms with E-state index in [-0.39, 0.29) is 46.5 Å². The van der Waals surface area contributed by atoms with Crippen LogP contribution in [0.4, 0.5) is 28.4 Å². The fourth-order valence-electron chi connectivity index (χ4n) is 6.38. The number of ether oxygens (including phenoxy) is 2. The van der Waals surface area contributed by atoms with Crippen molar-refractivity contribution in [2.24, 2.45) is 17.8 Å². The van der Waals surface area contributed by atoms with Gasteiger partial charge in [-0.3, -0.25) is 4.79 Å². The molecule has 2 aliphatic carbocycles. The summed E-state index contributed by atoms with van der Waals surface area (Å²) < 4.78 is 78.7. The van der Waals surface area contributed by atoms with Gasteiger partial charge in [-0.15, -0.1) is 0 Å². The van der Waals surface area contributed by atoms with Crippen LogP contribution in [0.5, 0.6) is 0 Å². The normalized spacial score (nSPS) is 27.6. The van der Waals surface area contributed by atoms with Gasteiger partial charge in [-0.05, 0) is 55.2 Å². The Bertz CT molecular complexity index is 1520. The summed E-state index contributed by atoms with van der Waals surface area (Å²) in [4.78, 5) is 37.7. The van der Waals surface area contributed by atoms with Crippen molar-refractivity contribution in [2.45, 2.75) is 41.9 Å². The first kappa shape index (κ1) is 28.2. The fourth-order valence-corrected chi connectivity index (χ4v) is 9.28. The maximum Gasteiger partial charge on any atom is 0.420 e.